The fourth-order valence-electron chi connectivity index (χ4n) is 2.77. The molecule has 1 heterocycles. The maximum atomic E-state index is 12.8. The van der Waals surface area contributed by atoms with E-state index >= 15 is 0 Å². The van der Waals surface area contributed by atoms with E-state index in [1.807, 2.05) is 38.1 Å². The summed E-state index contributed by atoms with van der Waals surface area (Å²) in [6, 6.07) is 12.7. The quantitative estimate of drug-likeness (QED) is 0.520. The van der Waals surface area contributed by atoms with Crippen LogP contribution in [0, 0.1) is 6.92 Å². The van der Waals surface area contributed by atoms with Crippen LogP contribution < -0.4 is 9.64 Å². The number of rotatable bonds is 7. The van der Waals surface area contributed by atoms with Gasteiger partial charge >= 0.3 is 6.36 Å². The summed E-state index contributed by atoms with van der Waals surface area (Å²) in [6.07, 6.45) is -4.76. The van der Waals surface area contributed by atoms with Crippen LogP contribution in [0.2, 0.25) is 0 Å². The average Bonchev–Trinajstić information content (AvgIpc) is 3.16. The molecule has 0 aliphatic heterocycles. The summed E-state index contributed by atoms with van der Waals surface area (Å²) >= 11 is 1.14. The number of carbonyl (C=O) groups is 1. The largest absolute Gasteiger partial charge is 0.573 e. The Morgan fingerprint density at radius 1 is 1.17 bits per heavy atom. The molecule has 0 N–H and O–H groups in total. The SMILES string of the molecule is CCN(C(=O)CSc1nnnn1-c1ccc(OC(F)(F)F)cc1)c1ccccc1C. The topological polar surface area (TPSA) is 73.1 Å². The third kappa shape index (κ3) is 5.29. The number of ether oxygens (including phenoxy) is 1. The van der Waals surface area contributed by atoms with Gasteiger partial charge < -0.3 is 9.64 Å². The van der Waals surface area contributed by atoms with Crippen LogP contribution in [-0.2, 0) is 4.79 Å². The zero-order chi connectivity index (χ0) is 21.7. The average molecular weight is 437 g/mol. The minimum Gasteiger partial charge on any atom is -0.406 e. The first-order valence-corrected chi connectivity index (χ1v) is 9.90. The predicted octanol–water partition coefficient (Wildman–Crippen LogP) is 4.01. The molecular weight excluding hydrogens is 419 g/mol. The van der Waals surface area contributed by atoms with Gasteiger partial charge in [-0.25, -0.2) is 0 Å². The lowest BCUT2D eigenvalue weighted by molar-refractivity contribution is -0.274. The molecular formula is C19H18F3N5O2S. The molecule has 7 nitrogen and oxygen atoms in total. The van der Waals surface area contributed by atoms with Crippen molar-refractivity contribution in [2.24, 2.45) is 0 Å². The molecule has 2 aromatic carbocycles. The van der Waals surface area contributed by atoms with Gasteiger partial charge in [0.15, 0.2) is 0 Å². The Morgan fingerprint density at radius 3 is 2.50 bits per heavy atom. The fraction of sp³-hybridized carbons (Fsp3) is 0.263. The van der Waals surface area contributed by atoms with E-state index in [1.54, 1.807) is 4.90 Å². The van der Waals surface area contributed by atoms with E-state index in [4.69, 9.17) is 0 Å². The summed E-state index contributed by atoms with van der Waals surface area (Å²) in [5.74, 6) is -0.363. The number of aromatic nitrogens is 4. The monoisotopic (exact) mass is 437 g/mol. The van der Waals surface area contributed by atoms with Crippen LogP contribution in [0.1, 0.15) is 12.5 Å². The van der Waals surface area contributed by atoms with E-state index in [2.05, 4.69) is 20.3 Å². The Bertz CT molecular complexity index is 1010. The lowest BCUT2D eigenvalue weighted by Crippen LogP contribution is -2.32. The predicted molar refractivity (Wildman–Crippen MR) is 106 cm³/mol. The summed E-state index contributed by atoms with van der Waals surface area (Å²) in [4.78, 5) is 14.4. The van der Waals surface area contributed by atoms with E-state index < -0.39 is 6.36 Å². The molecule has 158 valence electrons. The Kier molecular flexibility index (Phi) is 6.60. The lowest BCUT2D eigenvalue weighted by Gasteiger charge is -2.22. The molecule has 1 amide bonds. The van der Waals surface area contributed by atoms with Crippen LogP contribution in [0.4, 0.5) is 18.9 Å². The van der Waals surface area contributed by atoms with Gasteiger partial charge in [0.1, 0.15) is 5.75 Å². The molecule has 0 aliphatic rings. The van der Waals surface area contributed by atoms with Gasteiger partial charge in [-0.3, -0.25) is 4.79 Å². The van der Waals surface area contributed by atoms with E-state index in [-0.39, 0.29) is 17.4 Å². The molecule has 0 spiro atoms. The van der Waals surface area contributed by atoms with Crippen LogP contribution in [0.25, 0.3) is 5.69 Å². The van der Waals surface area contributed by atoms with E-state index in [0.29, 0.717) is 17.4 Å². The first-order valence-electron chi connectivity index (χ1n) is 8.92. The summed E-state index contributed by atoms with van der Waals surface area (Å²) < 4.78 is 42.1. The van der Waals surface area contributed by atoms with Gasteiger partial charge in [-0.1, -0.05) is 30.0 Å². The van der Waals surface area contributed by atoms with Gasteiger partial charge in [0.25, 0.3) is 0 Å². The molecule has 0 bridgehead atoms. The Morgan fingerprint density at radius 2 is 1.87 bits per heavy atom. The van der Waals surface area contributed by atoms with Gasteiger partial charge in [0, 0.05) is 12.2 Å². The molecule has 30 heavy (non-hydrogen) atoms. The number of amides is 1. The number of hydrogen-bond donors (Lipinski definition) is 0. The lowest BCUT2D eigenvalue weighted by atomic mass is 10.2. The van der Waals surface area contributed by atoms with Gasteiger partial charge in [0.2, 0.25) is 11.1 Å². The van der Waals surface area contributed by atoms with Crippen molar-refractivity contribution in [1.82, 2.24) is 20.2 Å². The molecule has 11 heteroatoms. The molecule has 0 radical (unpaired) electrons. The van der Waals surface area contributed by atoms with Crippen LogP contribution in [0.5, 0.6) is 5.75 Å². The molecule has 1 aromatic heterocycles. The highest BCUT2D eigenvalue weighted by atomic mass is 32.2. The van der Waals surface area contributed by atoms with Crippen molar-refractivity contribution in [3.8, 4) is 11.4 Å². The Balaban J connectivity index is 1.70. The maximum Gasteiger partial charge on any atom is 0.573 e. The number of aryl methyl sites for hydroxylation is 1. The normalized spacial score (nSPS) is 11.4. The molecule has 3 aromatic rings. The summed E-state index contributed by atoms with van der Waals surface area (Å²) in [6.45, 7) is 4.34. The number of para-hydroxylation sites is 1. The number of anilines is 1. The van der Waals surface area contributed by atoms with E-state index in [1.165, 1.54) is 28.9 Å². The third-order valence-corrected chi connectivity index (χ3v) is 5.01. The summed E-state index contributed by atoms with van der Waals surface area (Å²) in [7, 11) is 0. The first kappa shape index (κ1) is 21.6. The number of hydrogen-bond acceptors (Lipinski definition) is 6. The smallest absolute Gasteiger partial charge is 0.406 e. The highest BCUT2D eigenvalue weighted by molar-refractivity contribution is 7.99. The van der Waals surface area contributed by atoms with Gasteiger partial charge in [-0.15, -0.1) is 18.3 Å². The molecule has 0 fully saturated rings. The van der Waals surface area contributed by atoms with Crippen molar-refractivity contribution in [3.63, 3.8) is 0 Å². The summed E-state index contributed by atoms with van der Waals surface area (Å²) in [5, 5.41) is 11.7. The minimum atomic E-state index is -4.76. The number of alkyl halides is 3. The Hall–Kier alpha value is -3.08. The van der Waals surface area contributed by atoms with Crippen molar-refractivity contribution < 1.29 is 22.7 Å². The van der Waals surface area contributed by atoms with Crippen molar-refractivity contribution in [2.45, 2.75) is 25.4 Å². The van der Waals surface area contributed by atoms with Crippen molar-refractivity contribution in [1.29, 1.82) is 0 Å². The van der Waals surface area contributed by atoms with Crippen molar-refractivity contribution in [2.75, 3.05) is 17.2 Å². The second kappa shape index (κ2) is 9.16. The summed E-state index contributed by atoms with van der Waals surface area (Å²) in [5.41, 5.74) is 2.27. The number of thioether (sulfide) groups is 1. The molecule has 0 saturated carbocycles. The third-order valence-electron chi connectivity index (χ3n) is 4.10. The molecule has 3 rings (SSSR count). The zero-order valence-corrected chi connectivity index (χ0v) is 16.9. The number of carbonyl (C=O) groups excluding carboxylic acids is 1. The van der Waals surface area contributed by atoms with Crippen LogP contribution in [0.3, 0.4) is 0 Å². The molecule has 0 saturated heterocycles. The van der Waals surface area contributed by atoms with E-state index in [0.717, 1.165) is 23.0 Å². The van der Waals surface area contributed by atoms with Crippen molar-refractivity contribution >= 4 is 23.4 Å². The maximum absolute atomic E-state index is 12.8. The number of halogens is 3. The number of tetrazole rings is 1. The number of nitrogens with zero attached hydrogens (tertiary/aromatic N) is 5. The van der Waals surface area contributed by atoms with Crippen molar-refractivity contribution in [3.05, 3.63) is 54.1 Å². The fourth-order valence-corrected chi connectivity index (χ4v) is 3.54. The second-order valence-electron chi connectivity index (χ2n) is 6.13. The molecule has 0 atom stereocenters. The van der Waals surface area contributed by atoms with Gasteiger partial charge in [0.05, 0.1) is 11.4 Å². The second-order valence-corrected chi connectivity index (χ2v) is 7.07. The first-order chi connectivity index (χ1) is 14.3. The minimum absolute atomic E-state index is 0.0951. The molecule has 0 unspecified atom stereocenters. The molecule has 0 aliphatic carbocycles. The van der Waals surface area contributed by atoms with Gasteiger partial charge in [-0.05, 0) is 60.2 Å². The van der Waals surface area contributed by atoms with Gasteiger partial charge in [-0.2, -0.15) is 4.68 Å². The standard InChI is InChI=1S/C19H18F3N5O2S/c1-3-26(16-7-5-4-6-13(16)2)17(28)12-30-18-23-24-25-27(18)14-8-10-15(11-9-14)29-19(20,21)22/h4-11H,3,12H2,1-2H3. The Labute approximate surface area is 174 Å². The highest BCUT2D eigenvalue weighted by Crippen LogP contribution is 2.26. The van der Waals surface area contributed by atoms with Crippen LogP contribution in [-0.4, -0.2) is 44.8 Å². The number of benzene rings is 2. The zero-order valence-electron chi connectivity index (χ0n) is 16.1. The van der Waals surface area contributed by atoms with Crippen LogP contribution >= 0.6 is 11.8 Å². The highest BCUT2D eigenvalue weighted by Gasteiger charge is 2.31. The van der Waals surface area contributed by atoms with E-state index in [9.17, 15) is 18.0 Å². The van der Waals surface area contributed by atoms with Crippen LogP contribution in [0.15, 0.2) is 53.7 Å².